The van der Waals surface area contributed by atoms with Gasteiger partial charge in [0, 0.05) is 39.0 Å². The van der Waals surface area contributed by atoms with E-state index in [9.17, 15) is 24.3 Å². The van der Waals surface area contributed by atoms with Crippen molar-refractivity contribution in [3.63, 3.8) is 0 Å². The number of carbonyl (C=O) groups is 4. The molecule has 6 nitrogen and oxygen atoms in total. The van der Waals surface area contributed by atoms with E-state index in [1.165, 1.54) is 22.3 Å². The monoisotopic (exact) mass is 599 g/mol. The molecule has 1 aromatic heterocycles. The minimum atomic E-state index is -0.688. The van der Waals surface area contributed by atoms with Crippen molar-refractivity contribution in [1.82, 2.24) is 4.90 Å². The molecule has 0 saturated carbocycles. The number of thiophene rings is 1. The zero-order valence-corrected chi connectivity index (χ0v) is 23.0. The van der Waals surface area contributed by atoms with Gasteiger partial charge in [-0.1, -0.05) is 54.1 Å². The molecule has 0 radical (unpaired) electrons. The standard InChI is InChI=1S/C31H22BrNO5S/c32-23-13-24(34)27-22(29(23)36)12-21-18(25(27)19-8-7-15-4-1-2-6-17(15)28(19)35)9-10-20-26(21)31(38)33(30(20)37)14-16-5-3-11-39-16/h1-9,11,13,20-21,25-26,35H,10,12,14H2/t20-,21+,25+,26-/m0/s1. The van der Waals surface area contributed by atoms with Crippen LogP contribution in [0.15, 0.2) is 87.3 Å². The first-order valence-electron chi connectivity index (χ1n) is 12.8. The highest BCUT2D eigenvalue weighted by atomic mass is 79.9. The largest absolute Gasteiger partial charge is 0.507 e. The van der Waals surface area contributed by atoms with Crippen molar-refractivity contribution in [3.05, 3.63) is 97.7 Å². The van der Waals surface area contributed by atoms with Gasteiger partial charge in [0.15, 0.2) is 11.6 Å². The van der Waals surface area contributed by atoms with Crippen LogP contribution >= 0.6 is 27.3 Å². The van der Waals surface area contributed by atoms with Crippen LogP contribution in [0.4, 0.5) is 0 Å². The first-order valence-corrected chi connectivity index (χ1v) is 14.5. The molecule has 7 rings (SSSR count). The maximum Gasteiger partial charge on any atom is 0.234 e. The van der Waals surface area contributed by atoms with Gasteiger partial charge in [0.2, 0.25) is 11.8 Å². The normalized spacial score (nSPS) is 26.4. The van der Waals surface area contributed by atoms with E-state index in [0.717, 1.165) is 15.8 Å². The third-order valence-corrected chi connectivity index (χ3v) is 10.0. The van der Waals surface area contributed by atoms with Crippen LogP contribution in [0.1, 0.15) is 29.2 Å². The van der Waals surface area contributed by atoms with Gasteiger partial charge in [-0.05, 0) is 51.5 Å². The van der Waals surface area contributed by atoms with Crippen molar-refractivity contribution >= 4 is 61.4 Å². The number of hydrogen-bond acceptors (Lipinski definition) is 6. The number of hydrogen-bond donors (Lipinski definition) is 1. The first-order chi connectivity index (χ1) is 18.8. The lowest BCUT2D eigenvalue weighted by atomic mass is 9.59. The fourth-order valence-corrected chi connectivity index (χ4v) is 7.99. The number of Topliss-reactive ketones (excluding diaryl/α,β-unsaturated/α-hetero) is 1. The third kappa shape index (κ3) is 3.58. The minimum absolute atomic E-state index is 0.0515. The fraction of sp³-hybridized carbons (Fsp3) is 0.226. The van der Waals surface area contributed by atoms with E-state index in [1.54, 1.807) is 6.07 Å². The average molecular weight is 600 g/mol. The molecule has 39 heavy (non-hydrogen) atoms. The van der Waals surface area contributed by atoms with Crippen molar-refractivity contribution in [1.29, 1.82) is 0 Å². The summed E-state index contributed by atoms with van der Waals surface area (Å²) in [6, 6.07) is 14.9. The van der Waals surface area contributed by atoms with Crippen LogP contribution in [0.3, 0.4) is 0 Å². The van der Waals surface area contributed by atoms with Gasteiger partial charge in [-0.2, -0.15) is 0 Å². The van der Waals surface area contributed by atoms with E-state index in [4.69, 9.17) is 0 Å². The fourth-order valence-electron chi connectivity index (χ4n) is 6.85. The molecule has 0 spiro atoms. The maximum absolute atomic E-state index is 13.8. The number of amides is 2. The van der Waals surface area contributed by atoms with Gasteiger partial charge >= 0.3 is 0 Å². The maximum atomic E-state index is 13.8. The quantitative estimate of drug-likeness (QED) is 0.241. The number of halogens is 1. The second kappa shape index (κ2) is 8.96. The van der Waals surface area contributed by atoms with Gasteiger partial charge in [-0.15, -0.1) is 11.3 Å². The number of aromatic hydroxyl groups is 1. The topological polar surface area (TPSA) is 91.8 Å². The summed E-state index contributed by atoms with van der Waals surface area (Å²) in [6.07, 6.45) is 3.84. The lowest BCUT2D eigenvalue weighted by Crippen LogP contribution is -2.39. The van der Waals surface area contributed by atoms with Crippen LogP contribution in [0.5, 0.6) is 5.75 Å². The summed E-state index contributed by atoms with van der Waals surface area (Å²) in [6.45, 7) is 0.235. The SMILES string of the molecule is O=C1C=C(Br)C(=O)C2=C1[C@@H](c1ccc3ccccc3c1O)C1=CC[C@@H]3C(=O)N(Cc4cccs4)C(=O)[C@@H]3[C@@H]1C2. The summed E-state index contributed by atoms with van der Waals surface area (Å²) >= 11 is 4.75. The number of phenolic OH excluding ortho intramolecular Hbond substituents is 1. The van der Waals surface area contributed by atoms with Crippen molar-refractivity contribution in [2.24, 2.45) is 17.8 Å². The number of phenols is 1. The number of rotatable bonds is 3. The summed E-state index contributed by atoms with van der Waals surface area (Å²) in [4.78, 5) is 56.4. The summed E-state index contributed by atoms with van der Waals surface area (Å²) in [5, 5.41) is 14.9. The molecular formula is C31H22BrNO5S. The Morgan fingerprint density at radius 2 is 1.79 bits per heavy atom. The highest BCUT2D eigenvalue weighted by molar-refractivity contribution is 9.12. The summed E-state index contributed by atoms with van der Waals surface area (Å²) in [7, 11) is 0. The Hall–Kier alpha value is -3.62. The molecule has 1 saturated heterocycles. The number of nitrogens with zero attached hydrogens (tertiary/aromatic N) is 1. The van der Waals surface area contributed by atoms with E-state index in [1.807, 2.05) is 53.9 Å². The number of imide groups is 1. The van der Waals surface area contributed by atoms with E-state index < -0.39 is 23.7 Å². The second-order valence-electron chi connectivity index (χ2n) is 10.5. The van der Waals surface area contributed by atoms with E-state index in [-0.39, 0.29) is 46.6 Å². The van der Waals surface area contributed by atoms with Gasteiger partial charge in [0.05, 0.1) is 22.9 Å². The molecule has 1 N–H and O–H groups in total. The summed E-state index contributed by atoms with van der Waals surface area (Å²) < 4.78 is 0.181. The number of carbonyl (C=O) groups excluding carboxylic acids is 4. The third-order valence-electron chi connectivity index (χ3n) is 8.56. The van der Waals surface area contributed by atoms with Crippen molar-refractivity contribution in [2.75, 3.05) is 0 Å². The smallest absolute Gasteiger partial charge is 0.234 e. The Balaban J connectivity index is 1.38. The van der Waals surface area contributed by atoms with Gasteiger partial charge < -0.3 is 5.11 Å². The number of likely N-dealkylation sites (tertiary alicyclic amines) is 1. The van der Waals surface area contributed by atoms with Crippen LogP contribution < -0.4 is 0 Å². The molecule has 4 aliphatic rings. The van der Waals surface area contributed by atoms with Gasteiger partial charge in [-0.3, -0.25) is 24.1 Å². The van der Waals surface area contributed by atoms with Crippen LogP contribution in [0, 0.1) is 17.8 Å². The number of benzene rings is 2. The Bertz CT molecular complexity index is 1720. The average Bonchev–Trinajstić information content (AvgIpc) is 3.54. The zero-order valence-electron chi connectivity index (χ0n) is 20.6. The molecule has 2 amide bonds. The van der Waals surface area contributed by atoms with E-state index in [2.05, 4.69) is 15.9 Å². The second-order valence-corrected chi connectivity index (χ2v) is 12.3. The first kappa shape index (κ1) is 24.4. The molecule has 2 aromatic carbocycles. The molecule has 1 aliphatic heterocycles. The predicted octanol–water partition coefficient (Wildman–Crippen LogP) is 5.57. The van der Waals surface area contributed by atoms with Crippen LogP contribution in [0.25, 0.3) is 10.8 Å². The van der Waals surface area contributed by atoms with Crippen molar-refractivity contribution < 1.29 is 24.3 Å². The lowest BCUT2D eigenvalue weighted by Gasteiger charge is -2.42. The highest BCUT2D eigenvalue weighted by Crippen LogP contribution is 2.56. The molecule has 8 heteroatoms. The molecule has 3 aliphatic carbocycles. The Morgan fingerprint density at radius 3 is 2.59 bits per heavy atom. The van der Waals surface area contributed by atoms with Crippen molar-refractivity contribution in [2.45, 2.75) is 25.3 Å². The lowest BCUT2D eigenvalue weighted by molar-refractivity contribution is -0.140. The Labute approximate surface area is 236 Å². The van der Waals surface area contributed by atoms with Gasteiger partial charge in [0.25, 0.3) is 0 Å². The number of ketones is 2. The highest BCUT2D eigenvalue weighted by Gasteiger charge is 2.56. The summed E-state index contributed by atoms with van der Waals surface area (Å²) in [5.74, 6) is -3.20. The van der Waals surface area contributed by atoms with Crippen LogP contribution in [-0.2, 0) is 25.7 Å². The molecule has 194 valence electrons. The summed E-state index contributed by atoms with van der Waals surface area (Å²) in [5.41, 5.74) is 2.05. The molecule has 2 heterocycles. The molecule has 1 fully saturated rings. The van der Waals surface area contributed by atoms with Crippen LogP contribution in [0.2, 0.25) is 0 Å². The predicted molar refractivity (Wildman–Crippen MR) is 150 cm³/mol. The number of allylic oxidation sites excluding steroid dienone is 6. The Morgan fingerprint density at radius 1 is 0.974 bits per heavy atom. The van der Waals surface area contributed by atoms with Crippen LogP contribution in [-0.4, -0.2) is 33.4 Å². The molecule has 3 aromatic rings. The van der Waals surface area contributed by atoms with Gasteiger partial charge in [-0.25, -0.2) is 0 Å². The van der Waals surface area contributed by atoms with E-state index >= 15 is 0 Å². The molecule has 0 unspecified atom stereocenters. The molecule has 4 atom stereocenters. The molecule has 0 bridgehead atoms. The zero-order chi connectivity index (χ0) is 27.0. The van der Waals surface area contributed by atoms with E-state index in [0.29, 0.717) is 28.5 Å². The number of fused-ring (bicyclic) bond motifs is 4. The molecular weight excluding hydrogens is 578 g/mol. The van der Waals surface area contributed by atoms with Crippen molar-refractivity contribution in [3.8, 4) is 5.75 Å². The minimum Gasteiger partial charge on any atom is -0.507 e. The van der Waals surface area contributed by atoms with Gasteiger partial charge in [0.1, 0.15) is 5.75 Å². The Kier molecular flexibility index (Phi) is 5.61.